The van der Waals surface area contributed by atoms with E-state index in [-0.39, 0.29) is 0 Å². The second-order valence-electron chi connectivity index (χ2n) is 3.82. The Bertz CT molecular complexity index is 406. The Balaban J connectivity index is 1.76. The van der Waals surface area contributed by atoms with Gasteiger partial charge in [0, 0.05) is 23.7 Å². The Kier molecular flexibility index (Phi) is 4.13. The van der Waals surface area contributed by atoms with Gasteiger partial charge >= 0.3 is 0 Å². The molecule has 2 aromatic heterocycles. The average molecular weight is 235 g/mol. The smallest absolute Gasteiger partial charge is 0.0625 e. The molecule has 3 nitrogen and oxygen atoms in total. The maximum absolute atomic E-state index is 4.26. The first kappa shape index (κ1) is 11.4. The van der Waals surface area contributed by atoms with Crippen LogP contribution in [0, 0.1) is 0 Å². The molecule has 0 spiro atoms. The van der Waals surface area contributed by atoms with Crippen molar-refractivity contribution in [3.05, 3.63) is 39.8 Å². The van der Waals surface area contributed by atoms with Gasteiger partial charge in [-0.25, -0.2) is 0 Å². The molecule has 0 unspecified atom stereocenters. The molecule has 86 valence electrons. The predicted molar refractivity (Wildman–Crippen MR) is 67.4 cm³/mol. The van der Waals surface area contributed by atoms with Gasteiger partial charge < -0.3 is 5.32 Å². The molecule has 0 fully saturated rings. The summed E-state index contributed by atoms with van der Waals surface area (Å²) in [4.78, 5) is 1.37. The summed E-state index contributed by atoms with van der Waals surface area (Å²) >= 11 is 1.78. The van der Waals surface area contributed by atoms with Crippen LogP contribution in [0.1, 0.15) is 29.6 Å². The van der Waals surface area contributed by atoms with Crippen molar-refractivity contribution in [3.63, 3.8) is 0 Å². The molecule has 0 aliphatic carbocycles. The number of H-pyrrole nitrogens is 1. The van der Waals surface area contributed by atoms with Gasteiger partial charge in [-0.15, -0.1) is 11.3 Å². The molecule has 0 bridgehead atoms. The summed E-state index contributed by atoms with van der Waals surface area (Å²) in [5, 5.41) is 12.8. The molecule has 2 aromatic rings. The van der Waals surface area contributed by atoms with E-state index < -0.39 is 0 Å². The molecule has 0 aliphatic rings. The second-order valence-corrected chi connectivity index (χ2v) is 4.85. The summed E-state index contributed by atoms with van der Waals surface area (Å²) < 4.78 is 0. The molecular formula is C12H17N3S. The highest BCUT2D eigenvalue weighted by molar-refractivity contribution is 7.09. The van der Waals surface area contributed by atoms with Crippen LogP contribution in [0.4, 0.5) is 0 Å². The Morgan fingerprint density at radius 3 is 3.12 bits per heavy atom. The van der Waals surface area contributed by atoms with Crippen molar-refractivity contribution >= 4 is 11.3 Å². The first-order valence-corrected chi connectivity index (χ1v) is 6.52. The van der Waals surface area contributed by atoms with Crippen molar-refractivity contribution in [2.45, 2.75) is 32.9 Å². The number of thiophene rings is 1. The number of aromatic nitrogens is 2. The lowest BCUT2D eigenvalue weighted by molar-refractivity contribution is 0.684. The molecule has 0 radical (unpaired) electrons. The lowest BCUT2D eigenvalue weighted by Gasteiger charge is -1.99. The van der Waals surface area contributed by atoms with Gasteiger partial charge in [-0.1, -0.05) is 19.4 Å². The number of hydrogen-bond donors (Lipinski definition) is 2. The number of nitrogens with one attached hydrogen (secondary N) is 2. The fourth-order valence-corrected chi connectivity index (χ4v) is 2.29. The zero-order valence-electron chi connectivity index (χ0n) is 9.49. The Hall–Kier alpha value is -1.13. The van der Waals surface area contributed by atoms with Crippen molar-refractivity contribution in [1.82, 2.24) is 15.5 Å². The molecule has 0 saturated heterocycles. The van der Waals surface area contributed by atoms with Crippen molar-refractivity contribution in [3.8, 4) is 0 Å². The minimum atomic E-state index is 0.856. The first-order chi connectivity index (χ1) is 7.88. The van der Waals surface area contributed by atoms with E-state index in [1.165, 1.54) is 10.6 Å². The van der Waals surface area contributed by atoms with Crippen LogP contribution in [-0.4, -0.2) is 10.2 Å². The summed E-state index contributed by atoms with van der Waals surface area (Å²) in [5.41, 5.74) is 2.33. The quantitative estimate of drug-likeness (QED) is 0.808. The Morgan fingerprint density at radius 2 is 2.38 bits per heavy atom. The van der Waals surface area contributed by atoms with Crippen LogP contribution >= 0.6 is 11.3 Å². The second kappa shape index (κ2) is 5.82. The van der Waals surface area contributed by atoms with Crippen molar-refractivity contribution in [2.24, 2.45) is 0 Å². The molecule has 2 N–H and O–H groups in total. The van der Waals surface area contributed by atoms with Crippen LogP contribution < -0.4 is 5.32 Å². The molecule has 2 heterocycles. The zero-order valence-corrected chi connectivity index (χ0v) is 10.3. The van der Waals surface area contributed by atoms with E-state index in [2.05, 4.69) is 46.0 Å². The minimum Gasteiger partial charge on any atom is -0.306 e. The summed E-state index contributed by atoms with van der Waals surface area (Å²) in [6, 6.07) is 6.37. The minimum absolute atomic E-state index is 0.856. The molecule has 0 atom stereocenters. The lowest BCUT2D eigenvalue weighted by atomic mass is 10.2. The van der Waals surface area contributed by atoms with Gasteiger partial charge in [0.15, 0.2) is 0 Å². The maximum Gasteiger partial charge on any atom is 0.0625 e. The van der Waals surface area contributed by atoms with Crippen LogP contribution in [0.5, 0.6) is 0 Å². The van der Waals surface area contributed by atoms with Crippen LogP contribution in [0.25, 0.3) is 0 Å². The third-order valence-corrected chi connectivity index (χ3v) is 3.26. The van der Waals surface area contributed by atoms with Gasteiger partial charge in [0.25, 0.3) is 0 Å². The number of hydrogen-bond acceptors (Lipinski definition) is 3. The predicted octanol–water partition coefficient (Wildman–Crippen LogP) is 2.71. The molecule has 2 rings (SSSR count). The highest BCUT2D eigenvalue weighted by Gasteiger charge is 2.00. The fourth-order valence-electron chi connectivity index (χ4n) is 1.62. The topological polar surface area (TPSA) is 40.7 Å². The molecule has 0 amide bonds. The molecule has 0 aliphatic heterocycles. The standard InChI is InChI=1S/C12H17N3S/c1-2-4-10-7-11(15-14-10)8-13-9-12-5-3-6-16-12/h3,5-7,13H,2,4,8-9H2,1H3,(H,14,15). The molecule has 0 aromatic carbocycles. The van der Waals surface area contributed by atoms with E-state index in [1.54, 1.807) is 11.3 Å². The van der Waals surface area contributed by atoms with Gasteiger partial charge in [0.05, 0.1) is 5.69 Å². The van der Waals surface area contributed by atoms with Gasteiger partial charge in [0.2, 0.25) is 0 Å². The summed E-state index contributed by atoms with van der Waals surface area (Å²) in [6.45, 7) is 3.96. The third-order valence-electron chi connectivity index (χ3n) is 2.38. The maximum atomic E-state index is 4.26. The van der Waals surface area contributed by atoms with E-state index in [0.29, 0.717) is 0 Å². The van der Waals surface area contributed by atoms with E-state index in [0.717, 1.165) is 31.6 Å². The van der Waals surface area contributed by atoms with Gasteiger partial charge in [-0.3, -0.25) is 5.10 Å². The highest BCUT2D eigenvalue weighted by Crippen LogP contribution is 2.08. The van der Waals surface area contributed by atoms with Gasteiger partial charge in [-0.05, 0) is 23.9 Å². The normalized spacial score (nSPS) is 10.8. The Morgan fingerprint density at radius 1 is 1.44 bits per heavy atom. The lowest BCUT2D eigenvalue weighted by Crippen LogP contribution is -2.11. The number of aryl methyl sites for hydroxylation is 1. The summed E-state index contributed by atoms with van der Waals surface area (Å²) in [6.07, 6.45) is 2.20. The highest BCUT2D eigenvalue weighted by atomic mass is 32.1. The van der Waals surface area contributed by atoms with E-state index in [9.17, 15) is 0 Å². The third kappa shape index (κ3) is 3.18. The van der Waals surface area contributed by atoms with Crippen LogP contribution in [0.3, 0.4) is 0 Å². The largest absolute Gasteiger partial charge is 0.306 e. The number of aromatic amines is 1. The van der Waals surface area contributed by atoms with E-state index in [4.69, 9.17) is 0 Å². The molecule has 0 saturated carbocycles. The van der Waals surface area contributed by atoms with Crippen molar-refractivity contribution < 1.29 is 0 Å². The summed E-state index contributed by atoms with van der Waals surface area (Å²) in [7, 11) is 0. The van der Waals surface area contributed by atoms with Crippen molar-refractivity contribution in [1.29, 1.82) is 0 Å². The van der Waals surface area contributed by atoms with E-state index >= 15 is 0 Å². The summed E-state index contributed by atoms with van der Waals surface area (Å²) in [5.74, 6) is 0. The van der Waals surface area contributed by atoms with Gasteiger partial charge in [0.1, 0.15) is 0 Å². The number of nitrogens with zero attached hydrogens (tertiary/aromatic N) is 1. The Labute approximate surface area is 99.9 Å². The molecular weight excluding hydrogens is 218 g/mol. The fraction of sp³-hybridized carbons (Fsp3) is 0.417. The number of rotatable bonds is 6. The molecule has 4 heteroatoms. The van der Waals surface area contributed by atoms with Crippen molar-refractivity contribution in [2.75, 3.05) is 0 Å². The van der Waals surface area contributed by atoms with E-state index in [1.807, 2.05) is 0 Å². The van der Waals surface area contributed by atoms with Crippen LogP contribution in [-0.2, 0) is 19.5 Å². The SMILES string of the molecule is CCCc1cc(CNCc2cccs2)[nH]n1. The monoisotopic (exact) mass is 235 g/mol. The zero-order chi connectivity index (χ0) is 11.2. The molecule has 16 heavy (non-hydrogen) atoms. The van der Waals surface area contributed by atoms with Crippen LogP contribution in [0.15, 0.2) is 23.6 Å². The van der Waals surface area contributed by atoms with Crippen LogP contribution in [0.2, 0.25) is 0 Å². The average Bonchev–Trinajstić information content (AvgIpc) is 2.90. The van der Waals surface area contributed by atoms with Gasteiger partial charge in [-0.2, -0.15) is 5.10 Å². The first-order valence-electron chi connectivity index (χ1n) is 5.64.